The third-order valence-electron chi connectivity index (χ3n) is 3.68. The zero-order valence-electron chi connectivity index (χ0n) is 12.7. The van der Waals surface area contributed by atoms with Crippen LogP contribution in [0.15, 0.2) is 59.2 Å². The molecule has 0 atom stereocenters. The Kier molecular flexibility index (Phi) is 3.96. The van der Waals surface area contributed by atoms with Gasteiger partial charge in [0.1, 0.15) is 0 Å². The number of hydrogen-bond acceptors (Lipinski definition) is 4. The summed E-state index contributed by atoms with van der Waals surface area (Å²) in [5.74, 6) is -0.827. The van der Waals surface area contributed by atoms with Crippen molar-refractivity contribution < 1.29 is 14.3 Å². The van der Waals surface area contributed by atoms with Gasteiger partial charge in [0.05, 0.1) is 18.4 Å². The first-order chi connectivity index (χ1) is 11.0. The Balaban J connectivity index is 2.14. The molecule has 1 aliphatic rings. The van der Waals surface area contributed by atoms with Crippen LogP contribution in [0, 0.1) is 6.92 Å². The van der Waals surface area contributed by atoms with E-state index >= 15 is 0 Å². The third kappa shape index (κ3) is 2.53. The zero-order chi connectivity index (χ0) is 16.6. The van der Waals surface area contributed by atoms with E-state index in [9.17, 15) is 9.59 Å². The Hall–Kier alpha value is -2.53. The second-order valence-electron chi connectivity index (χ2n) is 5.21. The lowest BCUT2D eigenvalue weighted by Crippen LogP contribution is -2.32. The molecule has 5 heteroatoms. The van der Waals surface area contributed by atoms with Crippen LogP contribution >= 0.6 is 12.6 Å². The highest BCUT2D eigenvalue weighted by atomic mass is 32.1. The van der Waals surface area contributed by atoms with Crippen LogP contribution in [0.25, 0.3) is 5.57 Å². The number of thiol groups is 1. The van der Waals surface area contributed by atoms with Crippen LogP contribution < -0.4 is 4.90 Å². The number of hydrogen-bond donors (Lipinski definition) is 1. The van der Waals surface area contributed by atoms with Crippen molar-refractivity contribution in [3.63, 3.8) is 0 Å². The van der Waals surface area contributed by atoms with Crippen molar-refractivity contribution in [3.05, 3.63) is 65.4 Å². The molecule has 0 aromatic heterocycles. The molecule has 0 bridgehead atoms. The van der Waals surface area contributed by atoms with Gasteiger partial charge in [-0.25, -0.2) is 4.90 Å². The Labute approximate surface area is 139 Å². The molecule has 0 radical (unpaired) electrons. The lowest BCUT2D eigenvalue weighted by Gasteiger charge is -2.17. The smallest absolute Gasteiger partial charge is 0.301 e. The van der Waals surface area contributed by atoms with Crippen LogP contribution in [0.2, 0.25) is 0 Å². The summed E-state index contributed by atoms with van der Waals surface area (Å²) in [7, 11) is 1.39. The predicted molar refractivity (Wildman–Crippen MR) is 91.3 cm³/mol. The van der Waals surface area contributed by atoms with Gasteiger partial charge in [-0.1, -0.05) is 36.4 Å². The fraction of sp³-hybridized carbons (Fsp3) is 0.111. The number of rotatable bonds is 3. The number of nitrogens with zero attached hydrogens (tertiary/aromatic N) is 1. The SMILES string of the molecule is COC1=C(c2ccccc2)C(=O)N(c2cc(C)ccc2S)C1=O. The van der Waals surface area contributed by atoms with Gasteiger partial charge in [0, 0.05) is 4.90 Å². The Morgan fingerprint density at radius 2 is 1.70 bits per heavy atom. The quantitative estimate of drug-likeness (QED) is 0.696. The van der Waals surface area contributed by atoms with Gasteiger partial charge in [-0.05, 0) is 30.2 Å². The molecule has 23 heavy (non-hydrogen) atoms. The molecule has 0 aliphatic carbocycles. The van der Waals surface area contributed by atoms with Crippen molar-refractivity contribution >= 4 is 35.7 Å². The molecule has 2 aromatic rings. The topological polar surface area (TPSA) is 46.6 Å². The summed E-state index contributed by atoms with van der Waals surface area (Å²) in [4.78, 5) is 27.2. The van der Waals surface area contributed by atoms with E-state index in [1.165, 1.54) is 7.11 Å². The minimum absolute atomic E-state index is 0.0513. The van der Waals surface area contributed by atoms with Gasteiger partial charge in [0.15, 0.2) is 5.76 Å². The monoisotopic (exact) mass is 325 g/mol. The number of amides is 2. The standard InChI is InChI=1S/C18H15NO3S/c1-11-8-9-14(23)13(10-11)19-17(20)15(16(22-2)18(19)21)12-6-4-3-5-7-12/h3-10,23H,1-2H3. The van der Waals surface area contributed by atoms with E-state index in [2.05, 4.69) is 12.6 Å². The van der Waals surface area contributed by atoms with Crippen molar-refractivity contribution in [1.29, 1.82) is 0 Å². The highest BCUT2D eigenvalue weighted by molar-refractivity contribution is 7.80. The van der Waals surface area contributed by atoms with E-state index in [0.717, 1.165) is 10.5 Å². The average Bonchev–Trinajstić information content (AvgIpc) is 2.81. The summed E-state index contributed by atoms with van der Waals surface area (Å²) in [6, 6.07) is 14.4. The van der Waals surface area contributed by atoms with Crippen molar-refractivity contribution in [2.24, 2.45) is 0 Å². The van der Waals surface area contributed by atoms with Crippen molar-refractivity contribution in [2.75, 3.05) is 12.0 Å². The molecule has 0 saturated carbocycles. The molecule has 2 aromatic carbocycles. The number of aryl methyl sites for hydroxylation is 1. The first kappa shape index (κ1) is 15.4. The summed E-state index contributed by atoms with van der Waals surface area (Å²) in [6.07, 6.45) is 0. The van der Waals surface area contributed by atoms with E-state index in [-0.39, 0.29) is 11.3 Å². The van der Waals surface area contributed by atoms with E-state index in [1.807, 2.05) is 31.2 Å². The number of methoxy groups -OCH3 is 1. The maximum absolute atomic E-state index is 12.9. The van der Waals surface area contributed by atoms with Gasteiger partial charge in [0.25, 0.3) is 5.91 Å². The first-order valence-electron chi connectivity index (χ1n) is 7.06. The second kappa shape index (κ2) is 5.93. The summed E-state index contributed by atoms with van der Waals surface area (Å²) >= 11 is 4.37. The number of benzene rings is 2. The summed E-state index contributed by atoms with van der Waals surface area (Å²) in [5.41, 5.74) is 2.32. The largest absolute Gasteiger partial charge is 0.490 e. The molecular formula is C18H15NO3S. The van der Waals surface area contributed by atoms with Crippen LogP contribution in [0.1, 0.15) is 11.1 Å². The van der Waals surface area contributed by atoms with E-state index < -0.39 is 11.8 Å². The molecule has 2 amide bonds. The molecule has 0 saturated heterocycles. The van der Waals surface area contributed by atoms with Gasteiger partial charge in [-0.15, -0.1) is 12.6 Å². The molecule has 116 valence electrons. The fourth-order valence-corrected chi connectivity index (χ4v) is 2.83. The maximum Gasteiger partial charge on any atom is 0.301 e. The molecule has 0 fully saturated rings. The predicted octanol–water partition coefficient (Wildman–Crippen LogP) is 3.21. The van der Waals surface area contributed by atoms with Crippen LogP contribution in [0.3, 0.4) is 0 Å². The molecule has 1 aliphatic heterocycles. The number of ether oxygens (including phenoxy) is 1. The molecule has 4 nitrogen and oxygen atoms in total. The Morgan fingerprint density at radius 3 is 2.35 bits per heavy atom. The summed E-state index contributed by atoms with van der Waals surface area (Å²) in [5, 5.41) is 0. The van der Waals surface area contributed by atoms with Gasteiger partial charge in [0.2, 0.25) is 0 Å². The zero-order valence-corrected chi connectivity index (χ0v) is 13.6. The van der Waals surface area contributed by atoms with Crippen molar-refractivity contribution in [1.82, 2.24) is 0 Å². The second-order valence-corrected chi connectivity index (χ2v) is 5.69. The minimum Gasteiger partial charge on any atom is -0.490 e. The molecule has 0 N–H and O–H groups in total. The number of anilines is 1. The van der Waals surface area contributed by atoms with Crippen LogP contribution in [-0.2, 0) is 14.3 Å². The van der Waals surface area contributed by atoms with E-state index in [4.69, 9.17) is 4.74 Å². The lowest BCUT2D eigenvalue weighted by molar-refractivity contribution is -0.121. The Bertz CT molecular complexity index is 827. The van der Waals surface area contributed by atoms with Gasteiger partial charge in [-0.2, -0.15) is 0 Å². The molecule has 0 unspecified atom stereocenters. The minimum atomic E-state index is -0.475. The third-order valence-corrected chi connectivity index (χ3v) is 4.06. The normalized spacial score (nSPS) is 14.7. The summed E-state index contributed by atoms with van der Waals surface area (Å²) in [6.45, 7) is 1.89. The Morgan fingerprint density at radius 1 is 1.00 bits per heavy atom. The molecule has 0 spiro atoms. The first-order valence-corrected chi connectivity index (χ1v) is 7.51. The lowest BCUT2D eigenvalue weighted by atomic mass is 10.1. The van der Waals surface area contributed by atoms with Crippen LogP contribution in [-0.4, -0.2) is 18.9 Å². The van der Waals surface area contributed by atoms with Crippen molar-refractivity contribution in [2.45, 2.75) is 11.8 Å². The highest BCUT2D eigenvalue weighted by Crippen LogP contribution is 2.36. The van der Waals surface area contributed by atoms with E-state index in [1.54, 1.807) is 24.3 Å². The molecule has 1 heterocycles. The van der Waals surface area contributed by atoms with Crippen LogP contribution in [0.4, 0.5) is 5.69 Å². The fourth-order valence-electron chi connectivity index (χ4n) is 2.59. The van der Waals surface area contributed by atoms with Gasteiger partial charge < -0.3 is 4.74 Å². The van der Waals surface area contributed by atoms with Gasteiger partial charge >= 0.3 is 5.91 Å². The highest BCUT2D eigenvalue weighted by Gasteiger charge is 2.41. The van der Waals surface area contributed by atoms with Gasteiger partial charge in [-0.3, -0.25) is 9.59 Å². The average molecular weight is 325 g/mol. The maximum atomic E-state index is 12.9. The molecular weight excluding hydrogens is 310 g/mol. The van der Waals surface area contributed by atoms with Crippen LogP contribution in [0.5, 0.6) is 0 Å². The summed E-state index contributed by atoms with van der Waals surface area (Å²) < 4.78 is 5.23. The number of imide groups is 1. The molecule has 3 rings (SSSR count). The number of carbonyl (C=O) groups is 2. The van der Waals surface area contributed by atoms with E-state index in [0.29, 0.717) is 16.1 Å². The van der Waals surface area contributed by atoms with Crippen molar-refractivity contribution in [3.8, 4) is 0 Å². The number of carbonyl (C=O) groups excluding carboxylic acids is 2.